The molecule has 1 aromatic heterocycles. The number of likely N-dealkylation sites (N-methyl/N-ethyl adjacent to an activating group) is 1. The molecule has 2 aromatic rings. The number of carbonyl (C=O) groups is 2. The normalized spacial score (nSPS) is 19.1. The summed E-state index contributed by atoms with van der Waals surface area (Å²) in [6.45, 7) is 3.13. The van der Waals surface area contributed by atoms with Crippen molar-refractivity contribution in [1.82, 2.24) is 14.8 Å². The number of hydrogen-bond donors (Lipinski definition) is 0. The maximum absolute atomic E-state index is 13.3. The number of nitrogens with zero attached hydrogens (tertiary/aromatic N) is 3. The van der Waals surface area contributed by atoms with Gasteiger partial charge in [0.05, 0.1) is 13.2 Å². The first-order valence-corrected chi connectivity index (χ1v) is 10.1. The Hall–Kier alpha value is -2.73. The van der Waals surface area contributed by atoms with Crippen LogP contribution in [0.15, 0.2) is 48.8 Å². The van der Waals surface area contributed by atoms with E-state index < -0.39 is 5.60 Å². The Morgan fingerprint density at radius 1 is 1.17 bits per heavy atom. The van der Waals surface area contributed by atoms with Crippen LogP contribution in [0.3, 0.4) is 0 Å². The summed E-state index contributed by atoms with van der Waals surface area (Å²) in [4.78, 5) is 33.2. The molecule has 0 saturated carbocycles. The summed E-state index contributed by atoms with van der Waals surface area (Å²) in [5.41, 5.74) is 2.01. The third-order valence-electron chi connectivity index (χ3n) is 5.28. The smallest absolute Gasteiger partial charge is 0.256 e. The molecule has 3 rings (SSSR count). The molecule has 0 N–H and O–H groups in total. The van der Waals surface area contributed by atoms with Gasteiger partial charge in [-0.25, -0.2) is 0 Å². The molecule has 1 aliphatic heterocycles. The number of rotatable bonds is 6. The zero-order valence-electron chi connectivity index (χ0n) is 17.4. The molecular weight excluding hydrogens is 366 g/mol. The van der Waals surface area contributed by atoms with Crippen LogP contribution in [-0.4, -0.2) is 66.0 Å². The van der Waals surface area contributed by atoms with Gasteiger partial charge in [0.2, 0.25) is 5.91 Å². The van der Waals surface area contributed by atoms with Crippen LogP contribution in [0, 0.1) is 0 Å². The molecule has 6 heteroatoms. The summed E-state index contributed by atoms with van der Waals surface area (Å²) >= 11 is 0. The van der Waals surface area contributed by atoms with Crippen molar-refractivity contribution in [1.29, 1.82) is 0 Å². The van der Waals surface area contributed by atoms with Crippen molar-refractivity contribution >= 4 is 11.8 Å². The van der Waals surface area contributed by atoms with Crippen LogP contribution < -0.4 is 0 Å². The fourth-order valence-corrected chi connectivity index (χ4v) is 3.88. The number of carbonyl (C=O) groups excluding carboxylic acids is 2. The van der Waals surface area contributed by atoms with E-state index in [0.29, 0.717) is 26.0 Å². The van der Waals surface area contributed by atoms with Gasteiger partial charge in [0.15, 0.2) is 5.60 Å². The average molecular weight is 396 g/mol. The highest BCUT2D eigenvalue weighted by atomic mass is 16.5. The third kappa shape index (κ3) is 4.65. The molecule has 2 amide bonds. The lowest BCUT2D eigenvalue weighted by Crippen LogP contribution is -2.61. The van der Waals surface area contributed by atoms with E-state index in [2.05, 4.69) is 4.98 Å². The third-order valence-corrected chi connectivity index (χ3v) is 5.28. The number of aromatic nitrogens is 1. The lowest BCUT2D eigenvalue weighted by Gasteiger charge is -2.43. The van der Waals surface area contributed by atoms with Crippen LogP contribution in [0.5, 0.6) is 0 Å². The summed E-state index contributed by atoms with van der Waals surface area (Å²) in [7, 11) is 3.46. The Labute approximate surface area is 172 Å². The van der Waals surface area contributed by atoms with Gasteiger partial charge >= 0.3 is 0 Å². The fraction of sp³-hybridized carbons (Fsp3) is 0.435. The molecule has 0 spiro atoms. The first kappa shape index (κ1) is 21.0. The SMILES string of the molecule is CCCC(=O)N1CCOC(Cc2ccccc2-c2ccncc2)(C(=O)N(C)C)C1. The van der Waals surface area contributed by atoms with E-state index in [9.17, 15) is 9.59 Å². The van der Waals surface area contributed by atoms with Crippen LogP contribution in [0.25, 0.3) is 11.1 Å². The minimum atomic E-state index is -1.09. The van der Waals surface area contributed by atoms with E-state index >= 15 is 0 Å². The predicted molar refractivity (Wildman–Crippen MR) is 112 cm³/mol. The van der Waals surface area contributed by atoms with Gasteiger partial charge in [-0.05, 0) is 35.2 Å². The Balaban J connectivity index is 1.98. The van der Waals surface area contributed by atoms with Gasteiger partial charge in [-0.2, -0.15) is 0 Å². The number of hydrogen-bond acceptors (Lipinski definition) is 4. The number of ether oxygens (including phenoxy) is 1. The predicted octanol–water partition coefficient (Wildman–Crippen LogP) is 2.78. The molecule has 6 nitrogen and oxygen atoms in total. The van der Waals surface area contributed by atoms with Crippen molar-refractivity contribution in [2.45, 2.75) is 31.8 Å². The number of morpholine rings is 1. The Kier molecular flexibility index (Phi) is 6.64. The van der Waals surface area contributed by atoms with E-state index in [1.54, 1.807) is 36.3 Å². The highest BCUT2D eigenvalue weighted by Gasteiger charge is 2.46. The molecule has 1 atom stereocenters. The number of pyridine rings is 1. The summed E-state index contributed by atoms with van der Waals surface area (Å²) in [5.74, 6) is -0.0369. The topological polar surface area (TPSA) is 62.7 Å². The second kappa shape index (κ2) is 9.18. The summed E-state index contributed by atoms with van der Waals surface area (Å²) < 4.78 is 6.14. The van der Waals surface area contributed by atoms with Gasteiger partial charge in [-0.15, -0.1) is 0 Å². The molecule has 29 heavy (non-hydrogen) atoms. The van der Waals surface area contributed by atoms with E-state index in [0.717, 1.165) is 23.1 Å². The first-order valence-electron chi connectivity index (χ1n) is 10.1. The van der Waals surface area contributed by atoms with Crippen molar-refractivity contribution in [3.63, 3.8) is 0 Å². The summed E-state index contributed by atoms with van der Waals surface area (Å²) in [5, 5.41) is 0. The van der Waals surface area contributed by atoms with Crippen LogP contribution in [0.2, 0.25) is 0 Å². The zero-order valence-corrected chi connectivity index (χ0v) is 17.4. The maximum atomic E-state index is 13.3. The van der Waals surface area contributed by atoms with E-state index in [1.807, 2.05) is 43.3 Å². The van der Waals surface area contributed by atoms with Crippen molar-refractivity contribution in [3.8, 4) is 11.1 Å². The average Bonchev–Trinajstić information content (AvgIpc) is 2.74. The first-order chi connectivity index (χ1) is 14.0. The van der Waals surface area contributed by atoms with Crippen LogP contribution in [0.4, 0.5) is 0 Å². The highest BCUT2D eigenvalue weighted by Crippen LogP contribution is 2.31. The number of amides is 2. The Morgan fingerprint density at radius 2 is 1.90 bits per heavy atom. The van der Waals surface area contributed by atoms with E-state index in [1.165, 1.54) is 0 Å². The lowest BCUT2D eigenvalue weighted by atomic mass is 9.87. The number of benzene rings is 1. The van der Waals surface area contributed by atoms with Crippen LogP contribution >= 0.6 is 0 Å². The lowest BCUT2D eigenvalue weighted by molar-refractivity contribution is -0.172. The molecular formula is C23H29N3O3. The molecule has 1 aliphatic rings. The minimum Gasteiger partial charge on any atom is -0.361 e. The molecule has 1 fully saturated rings. The second-order valence-electron chi connectivity index (χ2n) is 7.68. The van der Waals surface area contributed by atoms with Gasteiger partial charge in [-0.1, -0.05) is 31.2 Å². The second-order valence-corrected chi connectivity index (χ2v) is 7.68. The molecule has 1 aromatic carbocycles. The fourth-order valence-electron chi connectivity index (χ4n) is 3.88. The van der Waals surface area contributed by atoms with Gasteiger partial charge in [0.1, 0.15) is 0 Å². The van der Waals surface area contributed by atoms with Crippen molar-refractivity contribution in [2.75, 3.05) is 33.8 Å². The molecule has 1 unspecified atom stereocenters. The Bertz CT molecular complexity index is 853. The van der Waals surface area contributed by atoms with Crippen LogP contribution in [-0.2, 0) is 20.7 Å². The molecule has 0 radical (unpaired) electrons. The van der Waals surface area contributed by atoms with Gasteiger partial charge in [-0.3, -0.25) is 14.6 Å². The van der Waals surface area contributed by atoms with E-state index in [4.69, 9.17) is 4.74 Å². The van der Waals surface area contributed by atoms with Crippen molar-refractivity contribution < 1.29 is 14.3 Å². The van der Waals surface area contributed by atoms with Crippen LogP contribution in [0.1, 0.15) is 25.3 Å². The molecule has 154 valence electrons. The van der Waals surface area contributed by atoms with E-state index in [-0.39, 0.29) is 18.4 Å². The Morgan fingerprint density at radius 3 is 2.59 bits per heavy atom. The van der Waals surface area contributed by atoms with Gasteiger partial charge in [0, 0.05) is 45.9 Å². The van der Waals surface area contributed by atoms with Gasteiger partial charge in [0.25, 0.3) is 5.91 Å². The van der Waals surface area contributed by atoms with Crippen molar-refractivity contribution in [2.24, 2.45) is 0 Å². The largest absolute Gasteiger partial charge is 0.361 e. The monoisotopic (exact) mass is 395 g/mol. The van der Waals surface area contributed by atoms with Gasteiger partial charge < -0.3 is 14.5 Å². The minimum absolute atomic E-state index is 0.0779. The molecule has 0 bridgehead atoms. The zero-order chi connectivity index (χ0) is 20.9. The molecule has 2 heterocycles. The maximum Gasteiger partial charge on any atom is 0.256 e. The molecule has 0 aliphatic carbocycles. The summed E-state index contributed by atoms with van der Waals surface area (Å²) in [6.07, 6.45) is 5.19. The quantitative estimate of drug-likeness (QED) is 0.755. The highest BCUT2D eigenvalue weighted by molar-refractivity contribution is 5.87. The summed E-state index contributed by atoms with van der Waals surface area (Å²) in [6, 6.07) is 11.9. The van der Waals surface area contributed by atoms with Crippen molar-refractivity contribution in [3.05, 3.63) is 54.4 Å². The standard InChI is InChI=1S/C23H29N3O3/c1-4-7-21(27)26-14-15-29-23(17-26,22(28)25(2)3)16-19-8-5-6-9-20(19)18-10-12-24-13-11-18/h5-6,8-13H,4,7,14-17H2,1-3H3. The molecule has 1 saturated heterocycles.